The minimum absolute atomic E-state index is 0.0473. The molecule has 2 aromatic rings. The molecule has 1 aliphatic rings. The largest absolute Gasteiger partial charge is 0.493 e. The van der Waals surface area contributed by atoms with Crippen molar-refractivity contribution in [2.75, 3.05) is 19.8 Å². The first-order chi connectivity index (χ1) is 12.1. The normalized spacial score (nSPS) is 13.6. The summed E-state index contributed by atoms with van der Waals surface area (Å²) in [5.41, 5.74) is 2.33. The molecule has 132 valence electrons. The van der Waals surface area contributed by atoms with Crippen molar-refractivity contribution in [3.05, 3.63) is 33.6 Å². The van der Waals surface area contributed by atoms with Gasteiger partial charge in [0.15, 0.2) is 0 Å². The molecule has 0 saturated carbocycles. The summed E-state index contributed by atoms with van der Waals surface area (Å²) in [5, 5.41) is 10.7. The summed E-state index contributed by atoms with van der Waals surface area (Å²) in [5.74, 6) is 6.40. The number of fused-ring (bicyclic) bond motifs is 1. The van der Waals surface area contributed by atoms with E-state index >= 15 is 0 Å². The lowest BCUT2D eigenvalue weighted by molar-refractivity contribution is 0.137. The van der Waals surface area contributed by atoms with Gasteiger partial charge in [0, 0.05) is 11.1 Å². The second-order valence-electron chi connectivity index (χ2n) is 5.84. The number of nitrogens with zero attached hydrogens (tertiary/aromatic N) is 2. The Morgan fingerprint density at radius 3 is 2.64 bits per heavy atom. The third kappa shape index (κ3) is 3.03. The molecule has 0 atom stereocenters. The van der Waals surface area contributed by atoms with E-state index in [0.717, 1.165) is 11.1 Å². The Hall–Kier alpha value is -2.65. The van der Waals surface area contributed by atoms with Crippen molar-refractivity contribution in [3.63, 3.8) is 0 Å². The van der Waals surface area contributed by atoms with E-state index < -0.39 is 0 Å². The molecule has 2 heterocycles. The van der Waals surface area contributed by atoms with E-state index in [-0.39, 0.29) is 17.0 Å². The Labute approximate surface area is 146 Å². The molecule has 25 heavy (non-hydrogen) atoms. The molecule has 1 aromatic carbocycles. The summed E-state index contributed by atoms with van der Waals surface area (Å²) in [6.07, 6.45) is 0. The van der Waals surface area contributed by atoms with Gasteiger partial charge in [0.25, 0.3) is 5.56 Å². The van der Waals surface area contributed by atoms with Crippen molar-refractivity contribution in [2.24, 2.45) is 0 Å². The first-order valence-electron chi connectivity index (χ1n) is 8.39. The molecule has 0 saturated heterocycles. The fourth-order valence-corrected chi connectivity index (χ4v) is 3.21. The van der Waals surface area contributed by atoms with Crippen LogP contribution in [-0.2, 0) is 17.8 Å². The highest BCUT2D eigenvalue weighted by Gasteiger charge is 2.26. The molecule has 1 N–H and O–H groups in total. The maximum atomic E-state index is 13.0. The summed E-state index contributed by atoms with van der Waals surface area (Å²) in [7, 11) is 0. The third-order valence-electron chi connectivity index (χ3n) is 4.22. The first-order valence-corrected chi connectivity index (χ1v) is 8.39. The number of hydrogen-bond acceptors (Lipinski definition) is 4. The Kier molecular flexibility index (Phi) is 4.86. The summed E-state index contributed by atoms with van der Waals surface area (Å²) in [6.45, 7) is 7.77. The minimum Gasteiger partial charge on any atom is -0.493 e. The van der Waals surface area contributed by atoms with E-state index in [2.05, 4.69) is 11.8 Å². The van der Waals surface area contributed by atoms with Gasteiger partial charge in [-0.3, -0.25) is 4.79 Å². The van der Waals surface area contributed by atoms with Crippen molar-refractivity contribution in [1.82, 2.24) is 9.36 Å². The van der Waals surface area contributed by atoms with Crippen LogP contribution in [0.15, 0.2) is 16.9 Å². The lowest BCUT2D eigenvalue weighted by atomic mass is 9.98. The van der Waals surface area contributed by atoms with Crippen LogP contribution in [0.5, 0.6) is 11.6 Å². The highest BCUT2D eigenvalue weighted by Crippen LogP contribution is 2.37. The van der Waals surface area contributed by atoms with Crippen LogP contribution in [0.1, 0.15) is 25.0 Å². The average Bonchev–Trinajstić information content (AvgIpc) is 2.75. The maximum absolute atomic E-state index is 13.0. The molecule has 1 aromatic heterocycles. The van der Waals surface area contributed by atoms with Crippen LogP contribution in [0.4, 0.5) is 0 Å². The monoisotopic (exact) mass is 342 g/mol. The van der Waals surface area contributed by atoms with Gasteiger partial charge in [-0.1, -0.05) is 5.92 Å². The van der Waals surface area contributed by atoms with Gasteiger partial charge in [-0.2, -0.15) is 0 Å². The summed E-state index contributed by atoms with van der Waals surface area (Å²) in [4.78, 5) is 13.0. The van der Waals surface area contributed by atoms with Gasteiger partial charge in [0.1, 0.15) is 11.3 Å². The Bertz CT molecular complexity index is 912. The van der Waals surface area contributed by atoms with E-state index in [1.165, 1.54) is 4.68 Å². The fraction of sp³-hybridized carbons (Fsp3) is 0.421. The number of aryl methyl sites for hydroxylation is 1. The van der Waals surface area contributed by atoms with Gasteiger partial charge in [0.05, 0.1) is 32.9 Å². The van der Waals surface area contributed by atoms with Gasteiger partial charge >= 0.3 is 0 Å². The topological polar surface area (TPSA) is 65.6 Å². The average molecular weight is 342 g/mol. The van der Waals surface area contributed by atoms with E-state index in [1.807, 2.05) is 26.0 Å². The molecule has 0 amide bonds. The molecule has 6 nitrogen and oxygen atoms in total. The lowest BCUT2D eigenvalue weighted by Crippen LogP contribution is -2.23. The number of hydrogen-bond donors (Lipinski definition) is 1. The van der Waals surface area contributed by atoms with Gasteiger partial charge < -0.3 is 14.6 Å². The Morgan fingerprint density at radius 2 is 1.96 bits per heavy atom. The standard InChI is InChI=1S/C19H22N2O4/c1-4-6-14-11-13(3)16(15(12-14)25-5-2)17-18(22)20-7-9-24-10-8-21(20)19(17)23/h11-12,22H,5,7-10H2,1-3H3. The second kappa shape index (κ2) is 7.08. The van der Waals surface area contributed by atoms with Crippen LogP contribution in [0, 0.1) is 18.8 Å². The van der Waals surface area contributed by atoms with Crippen molar-refractivity contribution in [3.8, 4) is 34.6 Å². The van der Waals surface area contributed by atoms with Gasteiger partial charge in [-0.25, -0.2) is 9.36 Å². The van der Waals surface area contributed by atoms with Crippen LogP contribution >= 0.6 is 0 Å². The number of ether oxygens (including phenoxy) is 2. The Morgan fingerprint density at radius 1 is 1.24 bits per heavy atom. The zero-order valence-corrected chi connectivity index (χ0v) is 14.8. The van der Waals surface area contributed by atoms with Crippen LogP contribution in [0.3, 0.4) is 0 Å². The van der Waals surface area contributed by atoms with Gasteiger partial charge in [-0.05, 0) is 38.5 Å². The summed E-state index contributed by atoms with van der Waals surface area (Å²) < 4.78 is 14.3. The van der Waals surface area contributed by atoms with Crippen LogP contribution < -0.4 is 10.3 Å². The molecule has 0 fully saturated rings. The smallest absolute Gasteiger partial charge is 0.278 e. The number of aromatic nitrogens is 2. The molecular weight excluding hydrogens is 320 g/mol. The first kappa shape index (κ1) is 17.2. The van der Waals surface area contributed by atoms with E-state index in [1.54, 1.807) is 11.6 Å². The molecule has 6 heteroatoms. The van der Waals surface area contributed by atoms with Crippen LogP contribution in [0.25, 0.3) is 11.1 Å². The summed E-state index contributed by atoms with van der Waals surface area (Å²) >= 11 is 0. The molecule has 1 aliphatic heterocycles. The predicted octanol–water partition coefficient (Wildman–Crippen LogP) is 2.13. The van der Waals surface area contributed by atoms with E-state index in [4.69, 9.17) is 9.47 Å². The molecule has 0 bridgehead atoms. The second-order valence-corrected chi connectivity index (χ2v) is 5.84. The third-order valence-corrected chi connectivity index (χ3v) is 4.22. The van der Waals surface area contributed by atoms with Crippen molar-refractivity contribution >= 4 is 0 Å². The summed E-state index contributed by atoms with van der Waals surface area (Å²) in [6, 6.07) is 3.72. The van der Waals surface area contributed by atoms with E-state index in [9.17, 15) is 9.90 Å². The Balaban J connectivity index is 2.26. The molecule has 0 spiro atoms. The highest BCUT2D eigenvalue weighted by atomic mass is 16.5. The molecule has 3 rings (SSSR count). The number of rotatable bonds is 3. The van der Waals surface area contributed by atoms with Gasteiger partial charge in [-0.15, -0.1) is 5.92 Å². The number of benzene rings is 1. The maximum Gasteiger partial charge on any atom is 0.278 e. The molecule has 0 unspecified atom stereocenters. The quantitative estimate of drug-likeness (QED) is 0.868. The molecule has 0 radical (unpaired) electrons. The highest BCUT2D eigenvalue weighted by molar-refractivity contribution is 5.78. The zero-order valence-electron chi connectivity index (χ0n) is 14.8. The lowest BCUT2D eigenvalue weighted by Gasteiger charge is -2.13. The van der Waals surface area contributed by atoms with Crippen LogP contribution in [0.2, 0.25) is 0 Å². The predicted molar refractivity (Wildman–Crippen MR) is 95.1 cm³/mol. The van der Waals surface area contributed by atoms with Gasteiger partial charge in [0.2, 0.25) is 5.88 Å². The van der Waals surface area contributed by atoms with Crippen molar-refractivity contribution in [2.45, 2.75) is 33.9 Å². The zero-order chi connectivity index (χ0) is 18.0. The molecular formula is C19H22N2O4. The van der Waals surface area contributed by atoms with Crippen molar-refractivity contribution in [1.29, 1.82) is 0 Å². The SMILES string of the molecule is CC#Cc1cc(C)c(-c2c(O)n3n(c2=O)CCOCC3)c(OCC)c1. The van der Waals surface area contributed by atoms with E-state index in [0.29, 0.717) is 44.2 Å². The number of aromatic hydroxyl groups is 1. The fourth-order valence-electron chi connectivity index (χ4n) is 3.21. The van der Waals surface area contributed by atoms with Crippen LogP contribution in [-0.4, -0.2) is 34.3 Å². The van der Waals surface area contributed by atoms with Crippen molar-refractivity contribution < 1.29 is 14.6 Å². The minimum atomic E-state index is -0.235. The molecule has 0 aliphatic carbocycles.